The summed E-state index contributed by atoms with van der Waals surface area (Å²) >= 11 is 11.2. The van der Waals surface area contributed by atoms with E-state index < -0.39 is 11.6 Å². The Labute approximate surface area is 84.8 Å². The van der Waals surface area contributed by atoms with Crippen molar-refractivity contribution in [3.05, 3.63) is 46.2 Å². The molecule has 0 saturated carbocycles. The second-order valence-corrected chi connectivity index (χ2v) is 3.13. The van der Waals surface area contributed by atoms with Crippen LogP contribution in [-0.4, -0.2) is 5.78 Å². The van der Waals surface area contributed by atoms with Crippen molar-refractivity contribution >= 4 is 29.0 Å². The second-order valence-electron chi connectivity index (χ2n) is 2.31. The van der Waals surface area contributed by atoms with Crippen molar-refractivity contribution in [3.8, 4) is 0 Å². The molecule has 0 aromatic heterocycles. The van der Waals surface area contributed by atoms with Crippen LogP contribution >= 0.6 is 23.2 Å². The molecule has 0 heterocycles. The van der Waals surface area contributed by atoms with Gasteiger partial charge in [-0.2, -0.15) is 0 Å². The Morgan fingerprint density at radius 1 is 1.38 bits per heavy atom. The lowest BCUT2D eigenvalue weighted by atomic mass is 10.1. The fraction of sp³-hybridized carbons (Fsp3) is 0. The molecule has 0 amide bonds. The van der Waals surface area contributed by atoms with E-state index in [0.717, 1.165) is 18.2 Å². The molecule has 0 aliphatic heterocycles. The molecule has 4 heteroatoms. The summed E-state index contributed by atoms with van der Waals surface area (Å²) in [5.41, 5.74) is 0.0831. The van der Waals surface area contributed by atoms with E-state index in [2.05, 4.69) is 6.58 Å². The number of carbonyl (C=O) groups excluding carboxylic acids is 1. The van der Waals surface area contributed by atoms with Gasteiger partial charge in [-0.05, 0) is 18.2 Å². The summed E-state index contributed by atoms with van der Waals surface area (Å²) in [5.74, 6) is -0.995. The summed E-state index contributed by atoms with van der Waals surface area (Å²) in [6, 6.07) is 2.06. The molecule has 0 aliphatic rings. The van der Waals surface area contributed by atoms with Crippen molar-refractivity contribution in [2.45, 2.75) is 0 Å². The van der Waals surface area contributed by atoms with Crippen LogP contribution < -0.4 is 0 Å². The highest BCUT2D eigenvalue weighted by atomic mass is 35.5. The molecule has 0 radical (unpaired) electrons. The van der Waals surface area contributed by atoms with Gasteiger partial charge in [-0.1, -0.05) is 29.8 Å². The van der Waals surface area contributed by atoms with Gasteiger partial charge in [-0.25, -0.2) is 4.39 Å². The first-order valence-corrected chi connectivity index (χ1v) is 4.13. The largest absolute Gasteiger partial charge is 0.289 e. The van der Waals surface area contributed by atoms with Crippen molar-refractivity contribution in [3.63, 3.8) is 0 Å². The fourth-order valence-electron chi connectivity index (χ4n) is 0.880. The van der Waals surface area contributed by atoms with E-state index in [1.807, 2.05) is 0 Å². The zero-order valence-electron chi connectivity index (χ0n) is 6.48. The summed E-state index contributed by atoms with van der Waals surface area (Å²) in [5, 5.41) is -0.00944. The smallest absolute Gasteiger partial charge is 0.188 e. The maximum atomic E-state index is 12.7. The highest BCUT2D eigenvalue weighted by Gasteiger charge is 2.13. The van der Waals surface area contributed by atoms with Crippen molar-refractivity contribution in [2.24, 2.45) is 0 Å². The molecule has 0 spiro atoms. The molecule has 1 aromatic carbocycles. The predicted octanol–water partition coefficient (Wildman–Crippen LogP) is 3.50. The maximum absolute atomic E-state index is 12.7. The molecule has 0 fully saturated rings. The summed E-state index contributed by atoms with van der Waals surface area (Å²) in [6.45, 7) is 3.28. The van der Waals surface area contributed by atoms with E-state index in [0.29, 0.717) is 0 Å². The molecule has 0 N–H and O–H groups in total. The van der Waals surface area contributed by atoms with Gasteiger partial charge in [0.1, 0.15) is 5.82 Å². The average Bonchev–Trinajstić information content (AvgIpc) is 2.02. The van der Waals surface area contributed by atoms with Crippen molar-refractivity contribution in [1.82, 2.24) is 0 Å². The van der Waals surface area contributed by atoms with E-state index >= 15 is 0 Å². The van der Waals surface area contributed by atoms with Crippen LogP contribution in [0.2, 0.25) is 10.0 Å². The van der Waals surface area contributed by atoms with E-state index in [-0.39, 0.29) is 15.6 Å². The van der Waals surface area contributed by atoms with Gasteiger partial charge >= 0.3 is 0 Å². The number of hydrogen-bond donors (Lipinski definition) is 0. The first-order valence-electron chi connectivity index (χ1n) is 3.37. The molecule has 0 aliphatic carbocycles. The lowest BCUT2D eigenvalue weighted by Crippen LogP contribution is -1.97. The summed E-state index contributed by atoms with van der Waals surface area (Å²) in [6.07, 6.45) is 1.07. The molecule has 68 valence electrons. The van der Waals surface area contributed by atoms with E-state index in [1.54, 1.807) is 0 Å². The van der Waals surface area contributed by atoms with Crippen LogP contribution in [0.3, 0.4) is 0 Å². The van der Waals surface area contributed by atoms with Crippen LogP contribution in [0.4, 0.5) is 4.39 Å². The van der Waals surface area contributed by atoms with Gasteiger partial charge in [0.2, 0.25) is 0 Å². The molecule has 1 rings (SSSR count). The first kappa shape index (κ1) is 10.2. The highest BCUT2D eigenvalue weighted by Crippen LogP contribution is 2.26. The number of rotatable bonds is 2. The monoisotopic (exact) mass is 218 g/mol. The predicted molar refractivity (Wildman–Crippen MR) is 50.9 cm³/mol. The number of ketones is 1. The molecule has 0 atom stereocenters. The molecule has 0 unspecified atom stereocenters. The van der Waals surface area contributed by atoms with Gasteiger partial charge in [0.15, 0.2) is 5.78 Å². The second kappa shape index (κ2) is 3.90. The quantitative estimate of drug-likeness (QED) is 0.549. The first-order chi connectivity index (χ1) is 6.06. The van der Waals surface area contributed by atoms with Crippen LogP contribution in [0.15, 0.2) is 24.8 Å². The topological polar surface area (TPSA) is 17.1 Å². The standard InChI is InChI=1S/C9H5Cl2FO/c1-2-8(13)9-6(10)3-5(12)4-7(9)11/h2-4H,1H2. The van der Waals surface area contributed by atoms with Crippen LogP contribution in [0.25, 0.3) is 0 Å². The molecule has 0 saturated heterocycles. The number of halogens is 3. The van der Waals surface area contributed by atoms with Crippen LogP contribution in [0, 0.1) is 5.82 Å². The Morgan fingerprint density at radius 3 is 2.23 bits per heavy atom. The van der Waals surface area contributed by atoms with Crippen LogP contribution in [-0.2, 0) is 0 Å². The number of allylic oxidation sites excluding steroid dienone is 1. The SMILES string of the molecule is C=CC(=O)c1c(Cl)cc(F)cc1Cl. The van der Waals surface area contributed by atoms with Crippen LogP contribution in [0.5, 0.6) is 0 Å². The normalized spacial score (nSPS) is 9.77. The van der Waals surface area contributed by atoms with Crippen molar-refractivity contribution < 1.29 is 9.18 Å². The van der Waals surface area contributed by atoms with E-state index in [4.69, 9.17) is 23.2 Å². The Morgan fingerprint density at radius 2 is 1.85 bits per heavy atom. The third-order valence-electron chi connectivity index (χ3n) is 1.44. The molecule has 13 heavy (non-hydrogen) atoms. The molecular formula is C9H5Cl2FO. The summed E-state index contributed by atoms with van der Waals surface area (Å²) in [4.78, 5) is 11.2. The van der Waals surface area contributed by atoms with E-state index in [9.17, 15) is 9.18 Å². The highest BCUT2D eigenvalue weighted by molar-refractivity contribution is 6.40. The van der Waals surface area contributed by atoms with Gasteiger partial charge < -0.3 is 0 Å². The number of benzene rings is 1. The third-order valence-corrected chi connectivity index (χ3v) is 2.03. The van der Waals surface area contributed by atoms with Crippen molar-refractivity contribution in [2.75, 3.05) is 0 Å². The minimum atomic E-state index is -0.574. The maximum Gasteiger partial charge on any atom is 0.188 e. The van der Waals surface area contributed by atoms with Crippen molar-refractivity contribution in [1.29, 1.82) is 0 Å². The van der Waals surface area contributed by atoms with Gasteiger partial charge in [0, 0.05) is 0 Å². The van der Waals surface area contributed by atoms with Gasteiger partial charge in [-0.3, -0.25) is 4.79 Å². The number of hydrogen-bond acceptors (Lipinski definition) is 1. The zero-order valence-corrected chi connectivity index (χ0v) is 7.99. The Balaban J connectivity index is 3.36. The molecular weight excluding hydrogens is 214 g/mol. The summed E-state index contributed by atoms with van der Waals surface area (Å²) < 4.78 is 12.7. The fourth-order valence-corrected chi connectivity index (χ4v) is 1.53. The van der Waals surface area contributed by atoms with Gasteiger partial charge in [0.05, 0.1) is 15.6 Å². The average molecular weight is 219 g/mol. The number of carbonyl (C=O) groups is 1. The van der Waals surface area contributed by atoms with Crippen LogP contribution in [0.1, 0.15) is 10.4 Å². The minimum absolute atomic E-state index is 0.00472. The Bertz CT molecular complexity index is 351. The minimum Gasteiger partial charge on any atom is -0.289 e. The molecule has 1 aromatic rings. The third kappa shape index (κ3) is 2.08. The Kier molecular flexibility index (Phi) is 3.07. The summed E-state index contributed by atoms with van der Waals surface area (Å²) in [7, 11) is 0. The van der Waals surface area contributed by atoms with E-state index in [1.165, 1.54) is 0 Å². The lowest BCUT2D eigenvalue weighted by Gasteiger charge is -2.02. The lowest BCUT2D eigenvalue weighted by molar-refractivity contribution is 0.104. The Hall–Kier alpha value is -0.860. The molecule has 0 bridgehead atoms. The van der Waals surface area contributed by atoms with Gasteiger partial charge in [0.25, 0.3) is 0 Å². The van der Waals surface area contributed by atoms with Gasteiger partial charge in [-0.15, -0.1) is 0 Å². The molecule has 1 nitrogen and oxygen atoms in total. The zero-order chi connectivity index (χ0) is 10.0.